The molecule has 0 unspecified atom stereocenters. The average molecular weight is 394 g/mol. The fourth-order valence-corrected chi connectivity index (χ4v) is 4.97. The molecule has 0 saturated carbocycles. The number of thiophene rings is 1. The van der Waals surface area contributed by atoms with Crippen molar-refractivity contribution in [2.75, 3.05) is 19.7 Å². The second kappa shape index (κ2) is 7.33. The third-order valence-electron chi connectivity index (χ3n) is 5.64. The molecule has 8 heteroatoms. The first-order valence-corrected chi connectivity index (χ1v) is 9.99. The van der Waals surface area contributed by atoms with Gasteiger partial charge in [0.25, 0.3) is 5.91 Å². The van der Waals surface area contributed by atoms with Gasteiger partial charge in [-0.3, -0.25) is 14.4 Å². The summed E-state index contributed by atoms with van der Waals surface area (Å²) in [6.07, 6.45) is 0.701. The lowest BCUT2D eigenvalue weighted by molar-refractivity contribution is -0.205. The molecule has 2 fully saturated rings. The Labute approximate surface area is 162 Å². The van der Waals surface area contributed by atoms with Crippen molar-refractivity contribution in [3.8, 4) is 0 Å². The Hall–Kier alpha value is -1.77. The van der Waals surface area contributed by atoms with Crippen LogP contribution in [-0.4, -0.2) is 64.5 Å². The summed E-state index contributed by atoms with van der Waals surface area (Å²) < 4.78 is 5.98. The fraction of sp³-hybridized carbons (Fsp3) is 0.632. The zero-order valence-corrected chi connectivity index (χ0v) is 16.7. The number of nitrogens with one attached hydrogen (secondary N) is 1. The number of aliphatic hydroxyl groups is 1. The van der Waals surface area contributed by atoms with E-state index in [1.54, 1.807) is 17.0 Å². The first-order valence-electron chi connectivity index (χ1n) is 9.18. The molecule has 3 heterocycles. The topological polar surface area (TPSA) is 95.9 Å². The Morgan fingerprint density at radius 3 is 2.37 bits per heavy atom. The lowest BCUT2D eigenvalue weighted by Crippen LogP contribution is -2.69. The molecule has 1 aromatic heterocycles. The van der Waals surface area contributed by atoms with E-state index in [0.29, 0.717) is 48.7 Å². The molecule has 27 heavy (non-hydrogen) atoms. The van der Waals surface area contributed by atoms with Crippen LogP contribution in [0.2, 0.25) is 0 Å². The molecule has 2 atom stereocenters. The van der Waals surface area contributed by atoms with Gasteiger partial charge in [-0.15, -0.1) is 11.3 Å². The summed E-state index contributed by atoms with van der Waals surface area (Å²) in [4.78, 5) is 38.6. The summed E-state index contributed by atoms with van der Waals surface area (Å²) in [5, 5.41) is 13.9. The number of carbonyl (C=O) groups is 3. The van der Waals surface area contributed by atoms with Gasteiger partial charge in [0.15, 0.2) is 5.78 Å². The highest BCUT2D eigenvalue weighted by Crippen LogP contribution is 2.40. The highest BCUT2D eigenvalue weighted by molar-refractivity contribution is 7.15. The van der Waals surface area contributed by atoms with E-state index in [-0.39, 0.29) is 17.6 Å². The van der Waals surface area contributed by atoms with E-state index >= 15 is 0 Å². The Kier molecular flexibility index (Phi) is 5.42. The Morgan fingerprint density at radius 1 is 1.19 bits per heavy atom. The van der Waals surface area contributed by atoms with Gasteiger partial charge >= 0.3 is 0 Å². The van der Waals surface area contributed by atoms with Gasteiger partial charge < -0.3 is 20.1 Å². The van der Waals surface area contributed by atoms with Crippen LogP contribution in [0, 0.1) is 0 Å². The number of amides is 2. The number of hydrogen-bond donors (Lipinski definition) is 2. The number of nitrogens with zero attached hydrogens (tertiary/aromatic N) is 1. The highest BCUT2D eigenvalue weighted by Gasteiger charge is 2.53. The SMILES string of the molecule is CC(=O)N[C@@]1(C)CCOC2(CCN(C(=O)c3ccc(C(C)=O)s3)CC2)[C@@H]1O. The number of rotatable bonds is 3. The minimum Gasteiger partial charge on any atom is -0.388 e. The zero-order chi connectivity index (χ0) is 19.8. The summed E-state index contributed by atoms with van der Waals surface area (Å²) in [5.41, 5.74) is -1.49. The van der Waals surface area contributed by atoms with Gasteiger partial charge in [-0.1, -0.05) is 0 Å². The summed E-state index contributed by atoms with van der Waals surface area (Å²) in [6.45, 7) is 6.14. The summed E-state index contributed by atoms with van der Waals surface area (Å²) in [7, 11) is 0. The van der Waals surface area contributed by atoms with E-state index in [0.717, 1.165) is 0 Å². The fourth-order valence-electron chi connectivity index (χ4n) is 4.10. The van der Waals surface area contributed by atoms with Gasteiger partial charge in [0.05, 0.1) is 20.9 Å². The molecule has 7 nitrogen and oxygen atoms in total. The summed E-state index contributed by atoms with van der Waals surface area (Å²) in [5.74, 6) is -0.329. The third kappa shape index (κ3) is 3.79. The number of likely N-dealkylation sites (tertiary alicyclic amines) is 1. The lowest BCUT2D eigenvalue weighted by Gasteiger charge is -2.53. The van der Waals surface area contributed by atoms with Crippen molar-refractivity contribution >= 4 is 28.9 Å². The highest BCUT2D eigenvalue weighted by atomic mass is 32.1. The summed E-state index contributed by atoms with van der Waals surface area (Å²) >= 11 is 1.21. The maximum absolute atomic E-state index is 12.7. The number of Topliss-reactive ketones (excluding diaryl/α,β-unsaturated/α-hetero) is 1. The molecule has 2 saturated heterocycles. The molecule has 3 rings (SSSR count). The predicted molar refractivity (Wildman–Crippen MR) is 101 cm³/mol. The number of aliphatic hydroxyl groups excluding tert-OH is 1. The van der Waals surface area contributed by atoms with Crippen LogP contribution in [0.15, 0.2) is 12.1 Å². The van der Waals surface area contributed by atoms with Crippen molar-refractivity contribution in [1.29, 1.82) is 0 Å². The normalized spacial score (nSPS) is 27.4. The maximum Gasteiger partial charge on any atom is 0.263 e. The summed E-state index contributed by atoms with van der Waals surface area (Å²) in [6, 6.07) is 3.37. The van der Waals surface area contributed by atoms with Crippen LogP contribution >= 0.6 is 11.3 Å². The van der Waals surface area contributed by atoms with Gasteiger partial charge in [-0.25, -0.2) is 0 Å². The Balaban J connectivity index is 1.69. The van der Waals surface area contributed by atoms with Crippen LogP contribution in [0.4, 0.5) is 0 Å². The van der Waals surface area contributed by atoms with E-state index in [9.17, 15) is 19.5 Å². The molecular weight excluding hydrogens is 368 g/mol. The molecular formula is C19H26N2O5S. The quantitative estimate of drug-likeness (QED) is 0.759. The number of carbonyl (C=O) groups excluding carboxylic acids is 3. The number of ether oxygens (including phenoxy) is 1. The molecule has 0 radical (unpaired) electrons. The van der Waals surface area contributed by atoms with Crippen LogP contribution in [0.5, 0.6) is 0 Å². The van der Waals surface area contributed by atoms with E-state index < -0.39 is 17.2 Å². The van der Waals surface area contributed by atoms with Crippen LogP contribution in [-0.2, 0) is 9.53 Å². The van der Waals surface area contributed by atoms with E-state index in [2.05, 4.69) is 5.32 Å². The van der Waals surface area contributed by atoms with Gasteiger partial charge in [0.1, 0.15) is 6.10 Å². The van der Waals surface area contributed by atoms with Crippen LogP contribution in [0.25, 0.3) is 0 Å². The van der Waals surface area contributed by atoms with E-state index in [4.69, 9.17) is 4.74 Å². The van der Waals surface area contributed by atoms with E-state index in [1.807, 2.05) is 6.92 Å². The molecule has 0 bridgehead atoms. The first kappa shape index (κ1) is 20.0. The smallest absolute Gasteiger partial charge is 0.263 e. The first-order chi connectivity index (χ1) is 12.7. The molecule has 0 aliphatic carbocycles. The molecule has 1 spiro atoms. The van der Waals surface area contributed by atoms with Crippen molar-refractivity contribution in [3.05, 3.63) is 21.9 Å². The van der Waals surface area contributed by atoms with Gasteiger partial charge in [0, 0.05) is 26.6 Å². The van der Waals surface area contributed by atoms with Crippen molar-refractivity contribution < 1.29 is 24.2 Å². The molecule has 2 N–H and O–H groups in total. The second-order valence-electron chi connectivity index (χ2n) is 7.68. The number of hydrogen-bond acceptors (Lipinski definition) is 6. The second-order valence-corrected chi connectivity index (χ2v) is 8.76. The molecule has 148 valence electrons. The van der Waals surface area contributed by atoms with Crippen LogP contribution in [0.1, 0.15) is 59.4 Å². The largest absolute Gasteiger partial charge is 0.388 e. The Bertz CT molecular complexity index is 753. The maximum atomic E-state index is 12.7. The van der Waals surface area contributed by atoms with Crippen LogP contribution in [0.3, 0.4) is 0 Å². The Morgan fingerprint density at radius 2 is 1.81 bits per heavy atom. The average Bonchev–Trinajstić information content (AvgIpc) is 3.10. The number of ketones is 1. The predicted octanol–water partition coefficient (Wildman–Crippen LogP) is 1.60. The third-order valence-corrected chi connectivity index (χ3v) is 6.81. The minimum absolute atomic E-state index is 0.0485. The van der Waals surface area contributed by atoms with Gasteiger partial charge in [0.2, 0.25) is 5.91 Å². The van der Waals surface area contributed by atoms with Crippen molar-refractivity contribution in [2.24, 2.45) is 0 Å². The van der Waals surface area contributed by atoms with Gasteiger partial charge in [-0.2, -0.15) is 0 Å². The molecule has 2 aliphatic heterocycles. The van der Waals surface area contributed by atoms with Crippen molar-refractivity contribution in [3.63, 3.8) is 0 Å². The minimum atomic E-state index is -0.842. The van der Waals surface area contributed by atoms with Gasteiger partial charge in [-0.05, 0) is 45.2 Å². The van der Waals surface area contributed by atoms with E-state index in [1.165, 1.54) is 25.2 Å². The standard InChI is InChI=1S/C19H26N2O5S/c1-12(22)14-4-5-15(27-14)16(24)21-9-6-19(7-10-21)17(25)18(3,8-11-26-19)20-13(2)23/h4-5,17,25H,6-11H2,1-3H3,(H,20,23)/t17-,18+/m1/s1. The zero-order valence-electron chi connectivity index (χ0n) is 15.9. The molecule has 2 aliphatic rings. The number of piperidine rings is 1. The van der Waals surface area contributed by atoms with Crippen molar-refractivity contribution in [2.45, 2.75) is 57.3 Å². The monoisotopic (exact) mass is 394 g/mol. The molecule has 2 amide bonds. The van der Waals surface area contributed by atoms with Crippen LogP contribution < -0.4 is 5.32 Å². The van der Waals surface area contributed by atoms with Crippen molar-refractivity contribution in [1.82, 2.24) is 10.2 Å². The molecule has 0 aromatic carbocycles. The lowest BCUT2D eigenvalue weighted by atomic mass is 9.73. The molecule has 1 aromatic rings.